The fourth-order valence-electron chi connectivity index (χ4n) is 2.35. The first kappa shape index (κ1) is 13.5. The molecule has 0 aromatic heterocycles. The highest BCUT2D eigenvalue weighted by Gasteiger charge is 2.32. The summed E-state index contributed by atoms with van der Waals surface area (Å²) >= 11 is 0. The Morgan fingerprint density at radius 3 is 2.79 bits per heavy atom. The van der Waals surface area contributed by atoms with Gasteiger partial charge in [0.05, 0.1) is 14.2 Å². The van der Waals surface area contributed by atoms with Crippen LogP contribution in [0.4, 0.5) is 0 Å². The van der Waals surface area contributed by atoms with Crippen molar-refractivity contribution in [2.45, 2.75) is 25.4 Å². The Morgan fingerprint density at radius 2 is 2.21 bits per heavy atom. The van der Waals surface area contributed by atoms with Crippen molar-refractivity contribution in [1.29, 1.82) is 0 Å². The predicted octanol–water partition coefficient (Wildman–Crippen LogP) is 2.60. The van der Waals surface area contributed by atoms with Crippen molar-refractivity contribution in [1.82, 2.24) is 0 Å². The first-order valence-electron chi connectivity index (χ1n) is 6.16. The average molecular weight is 262 g/mol. The number of hydrogen-bond acceptors (Lipinski definition) is 4. The van der Waals surface area contributed by atoms with Crippen molar-refractivity contribution in [3.8, 4) is 11.5 Å². The van der Waals surface area contributed by atoms with E-state index < -0.39 is 6.10 Å². The molecular formula is C15H18O4. The molecule has 0 fully saturated rings. The van der Waals surface area contributed by atoms with E-state index in [-0.39, 0.29) is 11.9 Å². The molecule has 0 unspecified atom stereocenters. The second-order valence-electron chi connectivity index (χ2n) is 4.57. The van der Waals surface area contributed by atoms with Crippen LogP contribution in [0, 0.1) is 6.92 Å². The Labute approximate surface area is 113 Å². The van der Waals surface area contributed by atoms with Crippen LogP contribution in [-0.2, 0) is 9.53 Å². The van der Waals surface area contributed by atoms with Crippen LogP contribution in [0.25, 0.3) is 0 Å². The molecule has 4 nitrogen and oxygen atoms in total. The maximum absolute atomic E-state index is 11.6. The number of ether oxygens (including phenoxy) is 3. The van der Waals surface area contributed by atoms with Gasteiger partial charge in [-0.25, -0.2) is 4.79 Å². The zero-order valence-corrected chi connectivity index (χ0v) is 11.4. The molecule has 0 spiro atoms. The lowest BCUT2D eigenvalue weighted by atomic mass is 9.89. The minimum atomic E-state index is -0.576. The number of hydrogen-bond donors (Lipinski definition) is 0. The van der Waals surface area contributed by atoms with E-state index in [4.69, 9.17) is 14.2 Å². The lowest BCUT2D eigenvalue weighted by molar-refractivity contribution is -0.149. The molecule has 1 aliphatic heterocycles. The molecule has 1 heterocycles. The van der Waals surface area contributed by atoms with Crippen LogP contribution in [0.1, 0.15) is 23.5 Å². The lowest BCUT2D eigenvalue weighted by Gasteiger charge is -2.30. The number of methoxy groups -OCH3 is 2. The van der Waals surface area contributed by atoms with Gasteiger partial charge in [-0.1, -0.05) is 6.08 Å². The maximum atomic E-state index is 11.6. The second-order valence-corrected chi connectivity index (χ2v) is 4.57. The Balaban J connectivity index is 2.42. The van der Waals surface area contributed by atoms with E-state index in [2.05, 4.69) is 6.58 Å². The summed E-state index contributed by atoms with van der Waals surface area (Å²) in [5, 5.41) is 0. The van der Waals surface area contributed by atoms with Crippen LogP contribution < -0.4 is 9.47 Å². The smallest absolute Gasteiger partial charge is 0.347 e. The largest absolute Gasteiger partial charge is 0.496 e. The quantitative estimate of drug-likeness (QED) is 0.620. The van der Waals surface area contributed by atoms with Crippen LogP contribution in [0.15, 0.2) is 24.8 Å². The number of carbonyl (C=O) groups is 1. The topological polar surface area (TPSA) is 44.8 Å². The fraction of sp³-hybridized carbons (Fsp3) is 0.400. The highest BCUT2D eigenvalue weighted by Crippen LogP contribution is 2.40. The van der Waals surface area contributed by atoms with E-state index in [1.165, 1.54) is 7.11 Å². The SMILES string of the molecule is C=C[C@H]1C[C@@H](C(=O)OC)Oc2cc(C)c(OC)cc21. The molecule has 2 rings (SSSR count). The van der Waals surface area contributed by atoms with E-state index in [1.807, 2.05) is 25.1 Å². The van der Waals surface area contributed by atoms with Crippen molar-refractivity contribution in [3.05, 3.63) is 35.9 Å². The maximum Gasteiger partial charge on any atom is 0.347 e. The van der Waals surface area contributed by atoms with Crippen molar-refractivity contribution in [3.63, 3.8) is 0 Å². The third kappa shape index (κ3) is 2.43. The average Bonchev–Trinajstić information content (AvgIpc) is 2.44. The minimum Gasteiger partial charge on any atom is -0.496 e. The van der Waals surface area contributed by atoms with Gasteiger partial charge < -0.3 is 14.2 Å². The summed E-state index contributed by atoms with van der Waals surface area (Å²) < 4.78 is 15.8. The Hall–Kier alpha value is -1.97. The summed E-state index contributed by atoms with van der Waals surface area (Å²) in [6, 6.07) is 3.84. The zero-order chi connectivity index (χ0) is 14.0. The van der Waals surface area contributed by atoms with Crippen LogP contribution in [0.2, 0.25) is 0 Å². The Morgan fingerprint density at radius 1 is 1.47 bits per heavy atom. The van der Waals surface area contributed by atoms with Crippen LogP contribution in [-0.4, -0.2) is 26.3 Å². The van der Waals surface area contributed by atoms with E-state index in [0.29, 0.717) is 12.2 Å². The van der Waals surface area contributed by atoms with Crippen LogP contribution in [0.3, 0.4) is 0 Å². The molecule has 0 saturated carbocycles. The highest BCUT2D eigenvalue weighted by molar-refractivity contribution is 5.76. The predicted molar refractivity (Wildman–Crippen MR) is 71.7 cm³/mol. The van der Waals surface area contributed by atoms with Crippen molar-refractivity contribution in [2.75, 3.05) is 14.2 Å². The van der Waals surface area contributed by atoms with Gasteiger partial charge in [0.25, 0.3) is 0 Å². The molecule has 19 heavy (non-hydrogen) atoms. The Kier molecular flexibility index (Phi) is 3.79. The number of rotatable bonds is 3. The molecule has 0 N–H and O–H groups in total. The monoisotopic (exact) mass is 262 g/mol. The minimum absolute atomic E-state index is 0.0577. The molecule has 0 saturated heterocycles. The van der Waals surface area contributed by atoms with Gasteiger partial charge in [-0.15, -0.1) is 6.58 Å². The molecule has 1 aromatic carbocycles. The summed E-state index contributed by atoms with van der Waals surface area (Å²) in [5.41, 5.74) is 1.96. The van der Waals surface area contributed by atoms with E-state index in [0.717, 1.165) is 16.9 Å². The number of fused-ring (bicyclic) bond motifs is 1. The summed E-state index contributed by atoms with van der Waals surface area (Å²) in [4.78, 5) is 11.6. The molecule has 0 aliphatic carbocycles. The van der Waals surface area contributed by atoms with Gasteiger partial charge in [0, 0.05) is 17.9 Å². The van der Waals surface area contributed by atoms with Gasteiger partial charge in [0.15, 0.2) is 6.10 Å². The third-order valence-corrected chi connectivity index (χ3v) is 3.41. The molecule has 0 radical (unpaired) electrons. The number of esters is 1. The summed E-state index contributed by atoms with van der Waals surface area (Å²) in [5.74, 6) is 1.21. The summed E-state index contributed by atoms with van der Waals surface area (Å²) in [6.45, 7) is 5.77. The summed E-state index contributed by atoms with van der Waals surface area (Å²) in [7, 11) is 3.00. The van der Waals surface area contributed by atoms with Crippen molar-refractivity contribution < 1.29 is 19.0 Å². The molecule has 0 amide bonds. The lowest BCUT2D eigenvalue weighted by Crippen LogP contribution is -2.33. The van der Waals surface area contributed by atoms with Gasteiger partial charge in [-0.3, -0.25) is 0 Å². The first-order valence-corrected chi connectivity index (χ1v) is 6.16. The third-order valence-electron chi connectivity index (χ3n) is 3.41. The van der Waals surface area contributed by atoms with E-state index in [9.17, 15) is 4.79 Å². The number of aryl methyl sites for hydroxylation is 1. The number of carbonyl (C=O) groups excluding carboxylic acids is 1. The number of benzene rings is 1. The number of allylic oxidation sites excluding steroid dienone is 1. The summed E-state index contributed by atoms with van der Waals surface area (Å²) in [6.07, 6.45) is 1.79. The second kappa shape index (κ2) is 5.34. The standard InChI is InChI=1S/C15H18O4/c1-5-10-7-14(15(16)18-4)19-13-6-9(2)12(17-3)8-11(10)13/h5-6,8,10,14H,1,7H2,2-4H3/t10-,14-/m0/s1. The van der Waals surface area contributed by atoms with Crippen molar-refractivity contribution in [2.24, 2.45) is 0 Å². The first-order chi connectivity index (χ1) is 9.10. The van der Waals surface area contributed by atoms with Gasteiger partial charge in [-0.05, 0) is 24.6 Å². The van der Waals surface area contributed by atoms with Gasteiger partial charge in [-0.2, -0.15) is 0 Å². The molecule has 102 valence electrons. The van der Waals surface area contributed by atoms with Crippen LogP contribution in [0.5, 0.6) is 11.5 Å². The van der Waals surface area contributed by atoms with E-state index >= 15 is 0 Å². The van der Waals surface area contributed by atoms with Gasteiger partial charge >= 0.3 is 5.97 Å². The van der Waals surface area contributed by atoms with Crippen molar-refractivity contribution >= 4 is 5.97 Å². The molecule has 1 aliphatic rings. The molecule has 0 bridgehead atoms. The molecule has 2 atom stereocenters. The molecule has 1 aromatic rings. The van der Waals surface area contributed by atoms with Gasteiger partial charge in [0.1, 0.15) is 11.5 Å². The molecule has 4 heteroatoms. The highest BCUT2D eigenvalue weighted by atomic mass is 16.6. The van der Waals surface area contributed by atoms with Gasteiger partial charge in [0.2, 0.25) is 0 Å². The van der Waals surface area contributed by atoms with E-state index in [1.54, 1.807) is 7.11 Å². The Bertz CT molecular complexity index is 507. The molecular weight excluding hydrogens is 244 g/mol. The van der Waals surface area contributed by atoms with Crippen LogP contribution >= 0.6 is 0 Å². The fourth-order valence-corrected chi connectivity index (χ4v) is 2.35. The zero-order valence-electron chi connectivity index (χ0n) is 11.4. The normalized spacial score (nSPS) is 21.0.